The lowest BCUT2D eigenvalue weighted by atomic mass is 9.83. The third-order valence-electron chi connectivity index (χ3n) is 3.86. The zero-order chi connectivity index (χ0) is 14.2. The molecule has 3 rings (SSSR count). The molecule has 2 N–H and O–H groups in total. The summed E-state index contributed by atoms with van der Waals surface area (Å²) in [5.74, 6) is 0. The van der Waals surface area contributed by atoms with E-state index in [9.17, 15) is 0 Å². The van der Waals surface area contributed by atoms with Crippen molar-refractivity contribution in [2.45, 2.75) is 19.4 Å². The van der Waals surface area contributed by atoms with Crippen LogP contribution in [-0.4, -0.2) is 4.98 Å². The van der Waals surface area contributed by atoms with Crippen molar-refractivity contribution in [1.29, 1.82) is 0 Å². The number of nitrogens with zero attached hydrogens (tertiary/aromatic N) is 1. The molecule has 1 atom stereocenters. The molecule has 20 heavy (non-hydrogen) atoms. The van der Waals surface area contributed by atoms with E-state index in [1.54, 1.807) is 0 Å². The summed E-state index contributed by atoms with van der Waals surface area (Å²) in [6, 6.07) is 16.6. The molecule has 2 aromatic carbocycles. The maximum atomic E-state index is 6.67. The molecule has 0 aliphatic heterocycles. The molecule has 0 fully saturated rings. The molecular formula is C18H18N2. The van der Waals surface area contributed by atoms with E-state index in [2.05, 4.69) is 61.3 Å². The van der Waals surface area contributed by atoms with Crippen LogP contribution in [0.5, 0.6) is 0 Å². The summed E-state index contributed by atoms with van der Waals surface area (Å²) >= 11 is 0. The Balaban J connectivity index is 2.23. The lowest BCUT2D eigenvalue weighted by Crippen LogP contribution is -2.34. The molecule has 1 heterocycles. The number of pyridine rings is 1. The molecule has 0 aliphatic carbocycles. The molecule has 2 nitrogen and oxygen atoms in total. The van der Waals surface area contributed by atoms with Crippen molar-refractivity contribution in [2.75, 3.05) is 0 Å². The molecule has 100 valence electrons. The van der Waals surface area contributed by atoms with Crippen molar-refractivity contribution in [2.24, 2.45) is 5.73 Å². The van der Waals surface area contributed by atoms with Gasteiger partial charge in [0.25, 0.3) is 0 Å². The van der Waals surface area contributed by atoms with E-state index in [1.165, 1.54) is 10.9 Å². The average molecular weight is 262 g/mol. The highest BCUT2D eigenvalue weighted by molar-refractivity contribution is 5.86. The van der Waals surface area contributed by atoms with Crippen molar-refractivity contribution in [3.63, 3.8) is 0 Å². The molecule has 2 heteroatoms. The molecule has 0 aliphatic rings. The Bertz CT molecular complexity index is 755. The summed E-state index contributed by atoms with van der Waals surface area (Å²) < 4.78 is 0. The lowest BCUT2D eigenvalue weighted by molar-refractivity contribution is 0.608. The number of aryl methyl sites for hydroxylation is 1. The number of fused-ring (bicyclic) bond motifs is 1. The molecule has 1 aromatic heterocycles. The predicted molar refractivity (Wildman–Crippen MR) is 83.6 cm³/mol. The van der Waals surface area contributed by atoms with Gasteiger partial charge < -0.3 is 5.73 Å². The Morgan fingerprint density at radius 2 is 1.85 bits per heavy atom. The fourth-order valence-electron chi connectivity index (χ4n) is 2.69. The maximum Gasteiger partial charge on any atom is 0.0643 e. The first kappa shape index (κ1) is 12.8. The third-order valence-corrected chi connectivity index (χ3v) is 3.86. The van der Waals surface area contributed by atoms with Gasteiger partial charge in [-0.3, -0.25) is 4.98 Å². The monoisotopic (exact) mass is 262 g/mol. The Labute approximate surface area is 119 Å². The number of rotatable bonds is 2. The number of aromatic nitrogens is 1. The average Bonchev–Trinajstić information content (AvgIpc) is 2.46. The molecule has 1 unspecified atom stereocenters. The van der Waals surface area contributed by atoms with Crippen LogP contribution in [0.1, 0.15) is 23.6 Å². The Kier molecular flexibility index (Phi) is 3.03. The van der Waals surface area contributed by atoms with E-state index >= 15 is 0 Å². The van der Waals surface area contributed by atoms with Gasteiger partial charge in [-0.05, 0) is 36.4 Å². The van der Waals surface area contributed by atoms with Gasteiger partial charge in [-0.15, -0.1) is 0 Å². The van der Waals surface area contributed by atoms with Crippen LogP contribution in [0.25, 0.3) is 10.8 Å². The van der Waals surface area contributed by atoms with Crippen LogP contribution in [0.3, 0.4) is 0 Å². The molecule has 3 aromatic rings. The lowest BCUT2D eigenvalue weighted by Gasteiger charge is -2.27. The Morgan fingerprint density at radius 3 is 2.65 bits per heavy atom. The maximum absolute atomic E-state index is 6.67. The topological polar surface area (TPSA) is 38.9 Å². The molecule has 0 amide bonds. The van der Waals surface area contributed by atoms with Gasteiger partial charge in [-0.1, -0.05) is 48.0 Å². The summed E-state index contributed by atoms with van der Waals surface area (Å²) in [6.45, 7) is 4.15. The van der Waals surface area contributed by atoms with Gasteiger partial charge in [0.05, 0.1) is 5.54 Å². The van der Waals surface area contributed by atoms with E-state index in [0.29, 0.717) is 0 Å². The van der Waals surface area contributed by atoms with E-state index in [1.807, 2.05) is 18.5 Å². The quantitative estimate of drug-likeness (QED) is 0.763. The number of benzene rings is 2. The summed E-state index contributed by atoms with van der Waals surface area (Å²) in [7, 11) is 0. The zero-order valence-corrected chi connectivity index (χ0v) is 11.8. The van der Waals surface area contributed by atoms with Gasteiger partial charge in [0.2, 0.25) is 0 Å². The Hall–Kier alpha value is -2.19. The molecular weight excluding hydrogens is 244 g/mol. The molecule has 0 radical (unpaired) electrons. The second-order valence-corrected chi connectivity index (χ2v) is 5.47. The highest BCUT2D eigenvalue weighted by atomic mass is 14.7. The SMILES string of the molecule is Cc1cccc(C(C)(N)c2cccc3ccncc23)c1. The standard InChI is InChI=1S/C18H18N2/c1-13-5-3-7-15(11-13)18(2,19)17-8-4-6-14-9-10-20-12-16(14)17/h3-12H,19H2,1-2H3. The first-order valence-corrected chi connectivity index (χ1v) is 6.78. The molecule has 0 saturated heterocycles. The van der Waals surface area contributed by atoms with E-state index < -0.39 is 5.54 Å². The van der Waals surface area contributed by atoms with Gasteiger partial charge in [-0.25, -0.2) is 0 Å². The summed E-state index contributed by atoms with van der Waals surface area (Å²) in [4.78, 5) is 4.24. The van der Waals surface area contributed by atoms with Gasteiger partial charge in [-0.2, -0.15) is 0 Å². The van der Waals surface area contributed by atoms with E-state index in [-0.39, 0.29) is 0 Å². The minimum absolute atomic E-state index is 0.533. The van der Waals surface area contributed by atoms with Crippen molar-refractivity contribution >= 4 is 10.8 Å². The van der Waals surface area contributed by atoms with Crippen molar-refractivity contribution < 1.29 is 0 Å². The van der Waals surface area contributed by atoms with Crippen LogP contribution in [-0.2, 0) is 5.54 Å². The minimum Gasteiger partial charge on any atom is -0.318 e. The second-order valence-electron chi connectivity index (χ2n) is 5.47. The number of hydrogen-bond acceptors (Lipinski definition) is 2. The van der Waals surface area contributed by atoms with Crippen LogP contribution >= 0.6 is 0 Å². The summed E-state index contributed by atoms with van der Waals surface area (Å²) in [6.07, 6.45) is 3.71. The van der Waals surface area contributed by atoms with E-state index in [4.69, 9.17) is 5.73 Å². The summed E-state index contributed by atoms with van der Waals surface area (Å²) in [5, 5.41) is 2.28. The minimum atomic E-state index is -0.533. The van der Waals surface area contributed by atoms with Crippen LogP contribution in [0, 0.1) is 6.92 Å². The van der Waals surface area contributed by atoms with Crippen LogP contribution < -0.4 is 5.73 Å². The van der Waals surface area contributed by atoms with Gasteiger partial charge in [0.1, 0.15) is 0 Å². The predicted octanol–water partition coefficient (Wildman–Crippen LogP) is 3.77. The largest absolute Gasteiger partial charge is 0.318 e. The fourth-order valence-corrected chi connectivity index (χ4v) is 2.69. The van der Waals surface area contributed by atoms with Crippen molar-refractivity contribution in [3.05, 3.63) is 77.6 Å². The molecule has 0 bridgehead atoms. The highest BCUT2D eigenvalue weighted by Crippen LogP contribution is 2.32. The fraction of sp³-hybridized carbons (Fsp3) is 0.167. The number of hydrogen-bond donors (Lipinski definition) is 1. The smallest absolute Gasteiger partial charge is 0.0643 e. The van der Waals surface area contributed by atoms with Crippen molar-refractivity contribution in [1.82, 2.24) is 4.98 Å². The van der Waals surface area contributed by atoms with Crippen LogP contribution in [0.2, 0.25) is 0 Å². The second kappa shape index (κ2) is 4.73. The van der Waals surface area contributed by atoms with E-state index in [0.717, 1.165) is 16.5 Å². The van der Waals surface area contributed by atoms with Crippen LogP contribution in [0.4, 0.5) is 0 Å². The molecule has 0 saturated carbocycles. The highest BCUT2D eigenvalue weighted by Gasteiger charge is 2.25. The normalized spacial score (nSPS) is 14.2. The molecule has 0 spiro atoms. The number of nitrogens with two attached hydrogens (primary N) is 1. The van der Waals surface area contributed by atoms with Gasteiger partial charge in [0.15, 0.2) is 0 Å². The van der Waals surface area contributed by atoms with Crippen molar-refractivity contribution in [3.8, 4) is 0 Å². The summed E-state index contributed by atoms with van der Waals surface area (Å²) in [5.41, 5.74) is 9.58. The van der Waals surface area contributed by atoms with Gasteiger partial charge in [0, 0.05) is 17.8 Å². The Morgan fingerprint density at radius 1 is 1.05 bits per heavy atom. The third kappa shape index (κ3) is 2.08. The van der Waals surface area contributed by atoms with Crippen LogP contribution in [0.15, 0.2) is 60.9 Å². The van der Waals surface area contributed by atoms with Gasteiger partial charge >= 0.3 is 0 Å². The first-order valence-electron chi connectivity index (χ1n) is 6.78. The zero-order valence-electron chi connectivity index (χ0n) is 11.8. The first-order chi connectivity index (χ1) is 9.59.